The number of halogens is 1. The van der Waals surface area contributed by atoms with Crippen LogP contribution in [0.4, 0.5) is 17.1 Å². The van der Waals surface area contributed by atoms with Gasteiger partial charge in [-0.15, -0.1) is 0 Å². The lowest BCUT2D eigenvalue weighted by atomic mass is 10.1. The van der Waals surface area contributed by atoms with E-state index < -0.39 is 0 Å². The van der Waals surface area contributed by atoms with Gasteiger partial charge in [0.15, 0.2) is 0 Å². The molecular weight excluding hydrogens is 286 g/mol. The predicted octanol–water partition coefficient (Wildman–Crippen LogP) is 3.74. The maximum Gasteiger partial charge on any atom is 0.143 e. The molecule has 112 valence electrons. The van der Waals surface area contributed by atoms with Crippen molar-refractivity contribution >= 4 is 28.7 Å². The molecule has 0 saturated heterocycles. The lowest BCUT2D eigenvalue weighted by Gasteiger charge is -2.15. The number of benzene rings is 2. The number of hydrogen-bond acceptors (Lipinski definition) is 4. The number of methoxy groups -OCH3 is 1. The van der Waals surface area contributed by atoms with E-state index in [4.69, 9.17) is 27.8 Å². The Balaban J connectivity index is 2.25. The van der Waals surface area contributed by atoms with E-state index in [-0.39, 0.29) is 0 Å². The van der Waals surface area contributed by atoms with Gasteiger partial charge in [0.25, 0.3) is 0 Å². The van der Waals surface area contributed by atoms with Crippen molar-refractivity contribution in [1.29, 1.82) is 0 Å². The summed E-state index contributed by atoms with van der Waals surface area (Å²) in [6.45, 7) is 4.61. The van der Waals surface area contributed by atoms with Gasteiger partial charge in [-0.25, -0.2) is 0 Å². The first-order chi connectivity index (χ1) is 9.92. The molecule has 0 aliphatic rings. The first kappa shape index (κ1) is 15.3. The normalized spacial score (nSPS) is 10.5. The maximum absolute atomic E-state index is 6.04. The van der Waals surface area contributed by atoms with Crippen LogP contribution in [0.3, 0.4) is 0 Å². The van der Waals surface area contributed by atoms with Gasteiger partial charge in [-0.05, 0) is 48.7 Å². The van der Waals surface area contributed by atoms with E-state index in [1.54, 1.807) is 13.2 Å². The predicted molar refractivity (Wildman–Crippen MR) is 90.1 cm³/mol. The van der Waals surface area contributed by atoms with E-state index in [9.17, 15) is 0 Å². The first-order valence-electron chi connectivity index (χ1n) is 6.65. The molecule has 4 nitrogen and oxygen atoms in total. The standard InChI is InChI=1S/C16H20ClN3O/c1-9-4-11(17)6-13(18)12(9)8-20-15-7-16(21-3)14(19)5-10(15)2/h4-7,20H,8,18-19H2,1-3H3. The highest BCUT2D eigenvalue weighted by Crippen LogP contribution is 2.30. The van der Waals surface area contributed by atoms with Gasteiger partial charge in [-0.2, -0.15) is 0 Å². The summed E-state index contributed by atoms with van der Waals surface area (Å²) in [5.74, 6) is 0.656. The molecule has 0 unspecified atom stereocenters. The molecule has 0 saturated carbocycles. The summed E-state index contributed by atoms with van der Waals surface area (Å²) in [5.41, 5.74) is 17.4. The molecule has 21 heavy (non-hydrogen) atoms. The fraction of sp³-hybridized carbons (Fsp3) is 0.250. The number of aryl methyl sites for hydroxylation is 2. The minimum Gasteiger partial charge on any atom is -0.495 e. The van der Waals surface area contributed by atoms with E-state index in [1.807, 2.05) is 32.0 Å². The van der Waals surface area contributed by atoms with Crippen LogP contribution in [0.15, 0.2) is 24.3 Å². The molecule has 0 aliphatic carbocycles. The van der Waals surface area contributed by atoms with E-state index in [1.165, 1.54) is 0 Å². The summed E-state index contributed by atoms with van der Waals surface area (Å²) < 4.78 is 5.25. The van der Waals surface area contributed by atoms with Crippen LogP contribution in [0.5, 0.6) is 5.75 Å². The summed E-state index contributed by atoms with van der Waals surface area (Å²) >= 11 is 5.99. The van der Waals surface area contributed by atoms with Crippen molar-refractivity contribution in [3.63, 3.8) is 0 Å². The Morgan fingerprint density at radius 2 is 1.76 bits per heavy atom. The molecular formula is C16H20ClN3O. The topological polar surface area (TPSA) is 73.3 Å². The highest BCUT2D eigenvalue weighted by molar-refractivity contribution is 6.31. The Labute approximate surface area is 130 Å². The fourth-order valence-corrected chi connectivity index (χ4v) is 2.58. The second-order valence-corrected chi connectivity index (χ2v) is 5.49. The van der Waals surface area contributed by atoms with Crippen LogP contribution in [0, 0.1) is 13.8 Å². The summed E-state index contributed by atoms with van der Waals surface area (Å²) in [5, 5.41) is 4.03. The van der Waals surface area contributed by atoms with Crippen molar-refractivity contribution < 1.29 is 4.74 Å². The van der Waals surface area contributed by atoms with Gasteiger partial charge >= 0.3 is 0 Å². The molecule has 0 aromatic heterocycles. The number of nitrogens with two attached hydrogens (primary N) is 2. The Morgan fingerprint density at radius 3 is 2.38 bits per heavy atom. The van der Waals surface area contributed by atoms with Gasteiger partial charge in [-0.1, -0.05) is 11.6 Å². The fourth-order valence-electron chi connectivity index (χ4n) is 2.30. The van der Waals surface area contributed by atoms with E-state index in [2.05, 4.69) is 5.32 Å². The number of nitrogen functional groups attached to an aromatic ring is 2. The van der Waals surface area contributed by atoms with Crippen LogP contribution in [0.2, 0.25) is 5.02 Å². The monoisotopic (exact) mass is 305 g/mol. The summed E-state index contributed by atoms with van der Waals surface area (Å²) in [4.78, 5) is 0. The van der Waals surface area contributed by atoms with E-state index >= 15 is 0 Å². The average molecular weight is 306 g/mol. The molecule has 0 atom stereocenters. The van der Waals surface area contributed by atoms with E-state index in [0.717, 1.165) is 22.4 Å². The summed E-state index contributed by atoms with van der Waals surface area (Å²) in [6.07, 6.45) is 0. The van der Waals surface area contributed by atoms with Crippen molar-refractivity contribution in [2.75, 3.05) is 23.9 Å². The highest BCUT2D eigenvalue weighted by atomic mass is 35.5. The molecule has 0 heterocycles. The zero-order valence-corrected chi connectivity index (χ0v) is 13.2. The van der Waals surface area contributed by atoms with Crippen LogP contribution < -0.4 is 21.5 Å². The van der Waals surface area contributed by atoms with Crippen LogP contribution in [0.1, 0.15) is 16.7 Å². The average Bonchev–Trinajstić information content (AvgIpc) is 2.39. The molecule has 5 heteroatoms. The third-order valence-corrected chi connectivity index (χ3v) is 3.72. The van der Waals surface area contributed by atoms with Gasteiger partial charge < -0.3 is 21.5 Å². The Bertz CT molecular complexity index is 648. The van der Waals surface area contributed by atoms with Gasteiger partial charge in [0.2, 0.25) is 0 Å². The number of hydrogen-bond donors (Lipinski definition) is 3. The molecule has 2 aromatic carbocycles. The molecule has 0 fully saturated rings. The zero-order valence-electron chi connectivity index (χ0n) is 12.5. The highest BCUT2D eigenvalue weighted by Gasteiger charge is 2.08. The molecule has 0 amide bonds. The van der Waals surface area contributed by atoms with Crippen LogP contribution in [-0.2, 0) is 6.54 Å². The molecule has 0 bridgehead atoms. The Hall–Kier alpha value is -2.07. The summed E-state index contributed by atoms with van der Waals surface area (Å²) in [7, 11) is 1.60. The molecule has 0 radical (unpaired) electrons. The lowest BCUT2D eigenvalue weighted by molar-refractivity contribution is 0.417. The number of rotatable bonds is 4. The van der Waals surface area contributed by atoms with Gasteiger partial charge in [0.1, 0.15) is 5.75 Å². The largest absolute Gasteiger partial charge is 0.495 e. The van der Waals surface area contributed by atoms with E-state index in [0.29, 0.717) is 28.7 Å². The summed E-state index contributed by atoms with van der Waals surface area (Å²) in [6, 6.07) is 7.46. The third kappa shape index (κ3) is 3.34. The second kappa shape index (κ2) is 6.14. The molecule has 0 spiro atoms. The first-order valence-corrected chi connectivity index (χ1v) is 7.02. The Kier molecular flexibility index (Phi) is 4.48. The molecule has 5 N–H and O–H groups in total. The van der Waals surface area contributed by atoms with Gasteiger partial charge in [0, 0.05) is 29.0 Å². The van der Waals surface area contributed by atoms with Crippen molar-refractivity contribution in [3.8, 4) is 5.75 Å². The maximum atomic E-state index is 6.04. The molecule has 0 aliphatic heterocycles. The second-order valence-electron chi connectivity index (χ2n) is 5.05. The van der Waals surface area contributed by atoms with Gasteiger partial charge in [-0.3, -0.25) is 0 Å². The van der Waals surface area contributed by atoms with Gasteiger partial charge in [0.05, 0.1) is 12.8 Å². The molecule has 2 rings (SSSR count). The Morgan fingerprint density at radius 1 is 1.05 bits per heavy atom. The number of nitrogens with one attached hydrogen (secondary N) is 1. The van der Waals surface area contributed by atoms with Crippen molar-refractivity contribution in [2.24, 2.45) is 0 Å². The van der Waals surface area contributed by atoms with Crippen molar-refractivity contribution in [2.45, 2.75) is 20.4 Å². The minimum absolute atomic E-state index is 0.614. The lowest BCUT2D eigenvalue weighted by Crippen LogP contribution is -2.07. The van der Waals surface area contributed by atoms with Crippen LogP contribution >= 0.6 is 11.6 Å². The van der Waals surface area contributed by atoms with Crippen LogP contribution in [0.25, 0.3) is 0 Å². The SMILES string of the molecule is COc1cc(NCc2c(C)cc(Cl)cc2N)c(C)cc1N. The smallest absolute Gasteiger partial charge is 0.143 e. The van der Waals surface area contributed by atoms with Crippen LogP contribution in [-0.4, -0.2) is 7.11 Å². The third-order valence-electron chi connectivity index (χ3n) is 3.50. The van der Waals surface area contributed by atoms with Crippen molar-refractivity contribution in [3.05, 3.63) is 46.0 Å². The number of anilines is 3. The zero-order chi connectivity index (χ0) is 15.6. The quantitative estimate of drug-likeness (QED) is 0.752. The van der Waals surface area contributed by atoms with Crippen molar-refractivity contribution in [1.82, 2.24) is 0 Å². The minimum atomic E-state index is 0.614. The molecule has 2 aromatic rings. The number of ether oxygens (including phenoxy) is 1.